The number of hydrogen-bond donors (Lipinski definition) is 0. The van der Waals surface area contributed by atoms with Gasteiger partial charge in [-0.3, -0.25) is 4.79 Å². The fourth-order valence-electron chi connectivity index (χ4n) is 3.14. The van der Waals surface area contributed by atoms with Crippen LogP contribution >= 0.6 is 0 Å². The van der Waals surface area contributed by atoms with Crippen LogP contribution in [-0.2, 0) is 6.18 Å². The smallest absolute Gasteiger partial charge is 0.433 e. The Bertz CT molecular complexity index is 891. The topological polar surface area (TPSA) is 73.8 Å². The van der Waals surface area contributed by atoms with E-state index in [9.17, 15) is 18.0 Å². The average Bonchev–Trinajstić information content (AvgIpc) is 3.15. The largest absolute Gasteiger partial charge is 0.458 e. The molecule has 2 aliphatic heterocycles. The Hall–Kier alpha value is -3.04. The third kappa shape index (κ3) is 3.80. The van der Waals surface area contributed by atoms with Crippen LogP contribution < -0.4 is 14.2 Å². The summed E-state index contributed by atoms with van der Waals surface area (Å²) in [7, 11) is 0. The molecule has 1 aromatic carbocycles. The van der Waals surface area contributed by atoms with E-state index >= 15 is 0 Å². The highest BCUT2D eigenvalue weighted by atomic mass is 19.4. The second-order valence-corrected chi connectivity index (χ2v) is 6.42. The first-order valence-electron chi connectivity index (χ1n) is 8.66. The first kappa shape index (κ1) is 18.3. The minimum atomic E-state index is -4.57. The predicted octanol–water partition coefficient (Wildman–Crippen LogP) is 2.91. The number of piperidine rings is 1. The summed E-state index contributed by atoms with van der Waals surface area (Å²) >= 11 is 0. The number of fused-ring (bicyclic) bond motifs is 1. The molecule has 0 bridgehead atoms. The lowest BCUT2D eigenvalue weighted by atomic mass is 10.1. The molecule has 7 nitrogen and oxygen atoms in total. The molecule has 2 aromatic rings. The van der Waals surface area contributed by atoms with E-state index in [4.69, 9.17) is 14.2 Å². The summed E-state index contributed by atoms with van der Waals surface area (Å²) in [4.78, 5) is 21.5. The zero-order valence-electron chi connectivity index (χ0n) is 14.6. The Morgan fingerprint density at radius 3 is 2.86 bits per heavy atom. The molecule has 1 saturated heterocycles. The molecule has 1 atom stereocenters. The van der Waals surface area contributed by atoms with Crippen LogP contribution in [0.25, 0.3) is 0 Å². The zero-order chi connectivity index (χ0) is 19.7. The highest BCUT2D eigenvalue weighted by Gasteiger charge is 2.34. The van der Waals surface area contributed by atoms with Crippen molar-refractivity contribution in [1.29, 1.82) is 0 Å². The Labute approximate surface area is 158 Å². The summed E-state index contributed by atoms with van der Waals surface area (Å²) < 4.78 is 54.4. The molecule has 1 unspecified atom stereocenters. The van der Waals surface area contributed by atoms with Gasteiger partial charge in [-0.25, -0.2) is 4.98 Å². The number of hydrogen-bond acceptors (Lipinski definition) is 6. The van der Waals surface area contributed by atoms with Crippen LogP contribution in [0.1, 0.15) is 28.9 Å². The number of aromatic nitrogens is 2. The van der Waals surface area contributed by atoms with Gasteiger partial charge >= 0.3 is 12.2 Å². The van der Waals surface area contributed by atoms with Crippen LogP contribution in [0.5, 0.6) is 17.5 Å². The third-order valence-corrected chi connectivity index (χ3v) is 4.48. The number of ether oxygens (including phenoxy) is 3. The van der Waals surface area contributed by atoms with Crippen LogP contribution in [0, 0.1) is 0 Å². The lowest BCUT2D eigenvalue weighted by Crippen LogP contribution is -2.44. The normalized spacial score (nSPS) is 18.8. The minimum absolute atomic E-state index is 0.115. The van der Waals surface area contributed by atoms with E-state index in [1.165, 1.54) is 0 Å². The summed E-state index contributed by atoms with van der Waals surface area (Å²) in [6.07, 6.45) is -2.82. The van der Waals surface area contributed by atoms with Gasteiger partial charge in [0.25, 0.3) is 5.91 Å². The van der Waals surface area contributed by atoms with Gasteiger partial charge in [-0.05, 0) is 37.1 Å². The van der Waals surface area contributed by atoms with E-state index in [1.54, 1.807) is 23.1 Å². The van der Waals surface area contributed by atoms with Crippen molar-refractivity contribution in [1.82, 2.24) is 14.9 Å². The molecule has 10 heteroatoms. The monoisotopic (exact) mass is 395 g/mol. The van der Waals surface area contributed by atoms with Gasteiger partial charge in [0.1, 0.15) is 6.10 Å². The molecule has 1 aromatic heterocycles. The number of carbonyl (C=O) groups is 1. The van der Waals surface area contributed by atoms with E-state index in [1.807, 2.05) is 0 Å². The van der Waals surface area contributed by atoms with E-state index in [0.717, 1.165) is 12.3 Å². The molecule has 0 N–H and O–H groups in total. The second kappa shape index (κ2) is 7.17. The van der Waals surface area contributed by atoms with E-state index < -0.39 is 18.0 Å². The highest BCUT2D eigenvalue weighted by Crippen LogP contribution is 2.33. The molecule has 28 heavy (non-hydrogen) atoms. The molecule has 148 valence electrons. The quantitative estimate of drug-likeness (QED) is 0.796. The molecule has 0 saturated carbocycles. The van der Waals surface area contributed by atoms with Crippen molar-refractivity contribution >= 4 is 5.91 Å². The van der Waals surface area contributed by atoms with Crippen molar-refractivity contribution in [3.8, 4) is 17.5 Å². The number of benzene rings is 1. The van der Waals surface area contributed by atoms with Crippen LogP contribution in [0.15, 0.2) is 30.5 Å². The van der Waals surface area contributed by atoms with Gasteiger partial charge in [0.15, 0.2) is 17.2 Å². The van der Waals surface area contributed by atoms with Gasteiger partial charge < -0.3 is 19.1 Å². The summed E-state index contributed by atoms with van der Waals surface area (Å²) in [6, 6.07) is 5.37. The SMILES string of the molecule is O=C(c1ccc2c(c1)OCO2)N1CCCC(Oc2nccc(C(F)(F)F)n2)C1. The lowest BCUT2D eigenvalue weighted by molar-refractivity contribution is -0.141. The average molecular weight is 395 g/mol. The highest BCUT2D eigenvalue weighted by molar-refractivity contribution is 5.95. The molecule has 4 rings (SSSR count). The molecule has 1 amide bonds. The number of nitrogens with zero attached hydrogens (tertiary/aromatic N) is 3. The van der Waals surface area contributed by atoms with E-state index in [-0.39, 0.29) is 25.3 Å². The summed E-state index contributed by atoms with van der Waals surface area (Å²) in [6.45, 7) is 0.868. The predicted molar refractivity (Wildman–Crippen MR) is 89.2 cm³/mol. The summed E-state index contributed by atoms with van der Waals surface area (Å²) in [5, 5.41) is 0. The molecule has 1 fully saturated rings. The Kier molecular flexibility index (Phi) is 4.70. The van der Waals surface area contributed by atoms with Crippen molar-refractivity contribution in [2.45, 2.75) is 25.1 Å². The lowest BCUT2D eigenvalue weighted by Gasteiger charge is -2.32. The molecule has 3 heterocycles. The van der Waals surface area contributed by atoms with Gasteiger partial charge in [0, 0.05) is 18.3 Å². The van der Waals surface area contributed by atoms with Crippen LogP contribution in [0.3, 0.4) is 0 Å². The molecule has 0 radical (unpaired) electrons. The zero-order valence-corrected chi connectivity index (χ0v) is 14.6. The Morgan fingerprint density at radius 1 is 1.21 bits per heavy atom. The Balaban J connectivity index is 1.44. The number of likely N-dealkylation sites (tertiary alicyclic amines) is 1. The fourth-order valence-corrected chi connectivity index (χ4v) is 3.14. The van der Waals surface area contributed by atoms with Crippen molar-refractivity contribution in [2.75, 3.05) is 19.9 Å². The van der Waals surface area contributed by atoms with Crippen molar-refractivity contribution in [2.24, 2.45) is 0 Å². The summed E-state index contributed by atoms with van der Waals surface area (Å²) in [5.41, 5.74) is -0.623. The van der Waals surface area contributed by atoms with Crippen LogP contribution in [0.4, 0.5) is 13.2 Å². The van der Waals surface area contributed by atoms with Gasteiger partial charge in [-0.1, -0.05) is 0 Å². The third-order valence-electron chi connectivity index (χ3n) is 4.48. The Morgan fingerprint density at radius 2 is 2.04 bits per heavy atom. The molecule has 0 aliphatic carbocycles. The maximum absolute atomic E-state index is 12.8. The minimum Gasteiger partial charge on any atom is -0.458 e. The molecule has 2 aliphatic rings. The second-order valence-electron chi connectivity index (χ2n) is 6.42. The van der Waals surface area contributed by atoms with Crippen molar-refractivity contribution in [3.63, 3.8) is 0 Å². The maximum atomic E-state index is 12.8. The number of rotatable bonds is 3. The van der Waals surface area contributed by atoms with Crippen LogP contribution in [0.2, 0.25) is 0 Å². The first-order valence-corrected chi connectivity index (χ1v) is 8.66. The van der Waals surface area contributed by atoms with Gasteiger partial charge in [0.2, 0.25) is 6.79 Å². The van der Waals surface area contributed by atoms with Crippen LogP contribution in [-0.4, -0.2) is 46.8 Å². The molecular formula is C18H16F3N3O4. The first-order chi connectivity index (χ1) is 13.4. The van der Waals surface area contributed by atoms with Crippen molar-refractivity contribution < 1.29 is 32.2 Å². The van der Waals surface area contributed by atoms with E-state index in [0.29, 0.717) is 36.4 Å². The molecular weight excluding hydrogens is 379 g/mol. The summed E-state index contributed by atoms with van der Waals surface area (Å²) in [5.74, 6) is 0.877. The number of halogens is 3. The van der Waals surface area contributed by atoms with Gasteiger partial charge in [-0.2, -0.15) is 18.2 Å². The number of alkyl halides is 3. The van der Waals surface area contributed by atoms with Gasteiger partial charge in [0.05, 0.1) is 6.54 Å². The van der Waals surface area contributed by atoms with Crippen molar-refractivity contribution in [3.05, 3.63) is 41.7 Å². The van der Waals surface area contributed by atoms with E-state index in [2.05, 4.69) is 9.97 Å². The number of amides is 1. The number of carbonyl (C=O) groups excluding carboxylic acids is 1. The van der Waals surface area contributed by atoms with Gasteiger partial charge in [-0.15, -0.1) is 0 Å². The maximum Gasteiger partial charge on any atom is 0.433 e. The molecule has 0 spiro atoms. The standard InChI is InChI=1S/C18H16F3N3O4/c19-18(20,21)15-5-6-22-17(23-15)28-12-2-1-7-24(9-12)16(25)11-3-4-13-14(8-11)27-10-26-13/h3-6,8,12H,1-2,7,9-10H2. The fraction of sp³-hybridized carbons (Fsp3) is 0.389.